The number of pyridine rings is 1. The van der Waals surface area contributed by atoms with E-state index in [1.807, 2.05) is 13.0 Å². The van der Waals surface area contributed by atoms with E-state index in [9.17, 15) is 13.2 Å². The molecule has 3 atom stereocenters. The number of hydrogen-bond acceptors (Lipinski definition) is 10. The summed E-state index contributed by atoms with van der Waals surface area (Å²) in [6.45, 7) is 11.5. The lowest BCUT2D eigenvalue weighted by atomic mass is 9.88. The number of aromatic nitrogens is 3. The summed E-state index contributed by atoms with van der Waals surface area (Å²) in [5, 5.41) is 7.50. The summed E-state index contributed by atoms with van der Waals surface area (Å²) in [7, 11) is -3.06. The van der Waals surface area contributed by atoms with E-state index < -0.39 is 40.0 Å². The maximum Gasteiger partial charge on any atom is 0.408 e. The Kier molecular flexibility index (Phi) is 9.06. The Morgan fingerprint density at radius 2 is 1.89 bits per heavy atom. The summed E-state index contributed by atoms with van der Waals surface area (Å²) in [6, 6.07) is 6.49. The van der Waals surface area contributed by atoms with Gasteiger partial charge in [0.25, 0.3) is 5.92 Å². The van der Waals surface area contributed by atoms with Crippen LogP contribution >= 0.6 is 0 Å². The first kappa shape index (κ1) is 33.6. The van der Waals surface area contributed by atoms with E-state index >= 15 is 8.78 Å². The maximum atomic E-state index is 15.1. The van der Waals surface area contributed by atoms with Gasteiger partial charge in [-0.25, -0.2) is 32.0 Å². The number of nitrogens with zero attached hydrogens (tertiary/aromatic N) is 5. The Bertz CT molecular complexity index is 1710. The fraction of sp³-hybridized carbons (Fsp3) is 0.562. The number of halogens is 2. The SMILES string of the molecule is CC(C)c1ccc(N2C[C@H](CS(C)(=O)=O)[C@H]2C)c2cnc(Nc3ccnc(N4CCC(NC(=O)OC(C)(C)C)C(F)(F)C4)n3)cc12. The van der Waals surface area contributed by atoms with E-state index in [0.29, 0.717) is 18.2 Å². The molecule has 2 fully saturated rings. The Hall–Kier alpha value is -3.81. The molecule has 1 amide bonds. The van der Waals surface area contributed by atoms with Gasteiger partial charge in [-0.15, -0.1) is 0 Å². The molecule has 0 saturated carbocycles. The average molecular weight is 660 g/mol. The first-order valence-electron chi connectivity index (χ1n) is 15.5. The van der Waals surface area contributed by atoms with Crippen LogP contribution in [0, 0.1) is 5.92 Å². The summed E-state index contributed by atoms with van der Waals surface area (Å²) in [5.74, 6) is -1.68. The number of benzene rings is 1. The summed E-state index contributed by atoms with van der Waals surface area (Å²) in [5.41, 5.74) is 1.35. The van der Waals surface area contributed by atoms with Crippen molar-refractivity contribution in [3.05, 3.63) is 42.2 Å². The van der Waals surface area contributed by atoms with Gasteiger partial charge in [0.15, 0.2) is 0 Å². The first-order valence-corrected chi connectivity index (χ1v) is 17.6. The molecule has 2 N–H and O–H groups in total. The Morgan fingerprint density at radius 1 is 1.15 bits per heavy atom. The molecule has 2 aromatic heterocycles. The monoisotopic (exact) mass is 659 g/mol. The van der Waals surface area contributed by atoms with Crippen molar-refractivity contribution >= 4 is 50.0 Å². The van der Waals surface area contributed by atoms with E-state index in [0.717, 1.165) is 22.0 Å². The molecule has 4 heterocycles. The molecule has 14 heteroatoms. The van der Waals surface area contributed by atoms with Gasteiger partial charge in [-0.05, 0) is 69.2 Å². The minimum Gasteiger partial charge on any atom is -0.444 e. The topological polar surface area (TPSA) is 130 Å². The number of carbonyl (C=O) groups is 1. The number of piperidine rings is 1. The van der Waals surface area contributed by atoms with Crippen molar-refractivity contribution < 1.29 is 26.7 Å². The molecule has 3 aromatic rings. The van der Waals surface area contributed by atoms with Gasteiger partial charge in [0.05, 0.1) is 18.3 Å². The summed E-state index contributed by atoms with van der Waals surface area (Å²) >= 11 is 0. The molecule has 0 aliphatic carbocycles. The van der Waals surface area contributed by atoms with Crippen LogP contribution in [0.5, 0.6) is 0 Å². The lowest BCUT2D eigenvalue weighted by Crippen LogP contribution is -2.59. The van der Waals surface area contributed by atoms with Crippen LogP contribution in [0.25, 0.3) is 10.8 Å². The second-order valence-electron chi connectivity index (χ2n) is 13.7. The van der Waals surface area contributed by atoms with Crippen LogP contribution in [0.3, 0.4) is 0 Å². The number of hydrogen-bond donors (Lipinski definition) is 2. The Labute approximate surface area is 269 Å². The van der Waals surface area contributed by atoms with E-state index in [1.165, 1.54) is 17.4 Å². The number of rotatable bonds is 8. The molecule has 11 nitrogen and oxygen atoms in total. The molecular formula is C32H43F2N7O4S. The third-order valence-electron chi connectivity index (χ3n) is 8.44. The molecule has 250 valence electrons. The average Bonchev–Trinajstić information content (AvgIpc) is 2.94. The molecule has 2 saturated heterocycles. The van der Waals surface area contributed by atoms with Crippen molar-refractivity contribution in [3.8, 4) is 0 Å². The first-order chi connectivity index (χ1) is 21.4. The molecule has 1 aromatic carbocycles. The highest BCUT2D eigenvalue weighted by molar-refractivity contribution is 7.90. The quantitative estimate of drug-likeness (QED) is 0.320. The van der Waals surface area contributed by atoms with Gasteiger partial charge in [-0.1, -0.05) is 19.9 Å². The number of nitrogens with one attached hydrogen (secondary N) is 2. The molecule has 2 aliphatic rings. The Morgan fingerprint density at radius 3 is 2.52 bits per heavy atom. The van der Waals surface area contributed by atoms with Crippen molar-refractivity contribution in [2.24, 2.45) is 5.92 Å². The second kappa shape index (κ2) is 12.4. The van der Waals surface area contributed by atoms with Crippen LogP contribution in [0.15, 0.2) is 36.7 Å². The summed E-state index contributed by atoms with van der Waals surface area (Å²) in [4.78, 5) is 29.1. The van der Waals surface area contributed by atoms with E-state index in [-0.39, 0.29) is 42.5 Å². The van der Waals surface area contributed by atoms with Crippen molar-refractivity contribution in [2.45, 2.75) is 77.5 Å². The summed E-state index contributed by atoms with van der Waals surface area (Å²) < 4.78 is 59.1. The molecule has 46 heavy (non-hydrogen) atoms. The smallest absolute Gasteiger partial charge is 0.408 e. The molecule has 0 spiro atoms. The third kappa shape index (κ3) is 7.59. The number of alkyl carbamates (subject to hydrolysis) is 1. The largest absolute Gasteiger partial charge is 0.444 e. The van der Waals surface area contributed by atoms with Crippen LogP contribution in [0.4, 0.5) is 36.8 Å². The van der Waals surface area contributed by atoms with Gasteiger partial charge in [0.1, 0.15) is 27.1 Å². The molecule has 5 rings (SSSR count). The van der Waals surface area contributed by atoms with Crippen molar-refractivity contribution in [1.29, 1.82) is 0 Å². The van der Waals surface area contributed by atoms with E-state index in [4.69, 9.17) is 4.74 Å². The van der Waals surface area contributed by atoms with Gasteiger partial charge >= 0.3 is 6.09 Å². The van der Waals surface area contributed by atoms with Crippen LogP contribution in [-0.4, -0.2) is 84.7 Å². The van der Waals surface area contributed by atoms with Gasteiger partial charge in [0.2, 0.25) is 5.95 Å². The number of fused-ring (bicyclic) bond motifs is 1. The lowest BCUT2D eigenvalue weighted by Gasteiger charge is -2.48. The number of anilines is 4. The van der Waals surface area contributed by atoms with Crippen molar-refractivity contribution in [1.82, 2.24) is 20.3 Å². The highest BCUT2D eigenvalue weighted by Crippen LogP contribution is 2.40. The molecule has 2 aliphatic heterocycles. The zero-order chi connectivity index (χ0) is 33.6. The number of amides is 1. The van der Waals surface area contributed by atoms with Gasteiger partial charge in [0, 0.05) is 54.8 Å². The third-order valence-corrected chi connectivity index (χ3v) is 9.47. The number of ether oxygens (including phenoxy) is 1. The zero-order valence-corrected chi connectivity index (χ0v) is 28.2. The zero-order valence-electron chi connectivity index (χ0n) is 27.3. The normalized spacial score (nSPS) is 21.7. The number of alkyl halides is 2. The number of sulfone groups is 1. The van der Waals surface area contributed by atoms with Crippen LogP contribution in [0.1, 0.15) is 59.4 Å². The predicted octanol–water partition coefficient (Wildman–Crippen LogP) is 5.50. The second-order valence-corrected chi connectivity index (χ2v) is 15.9. The van der Waals surface area contributed by atoms with E-state index in [2.05, 4.69) is 56.5 Å². The highest BCUT2D eigenvalue weighted by atomic mass is 32.2. The lowest BCUT2D eigenvalue weighted by molar-refractivity contribution is -0.0461. The Balaban J connectivity index is 1.33. The highest BCUT2D eigenvalue weighted by Gasteiger charge is 2.46. The fourth-order valence-electron chi connectivity index (χ4n) is 6.10. The standard InChI is InChI=1S/C32H43F2N7O4S/c1-19(2)22-8-9-25(41-16-21(20(41)3)17-46(7,43)44)24-15-36-28(14-23(22)24)38-27-10-12-35-29(39-27)40-13-11-26(32(33,34)18-40)37-30(42)45-31(4,5)6/h8-10,12,14-15,19-21,26H,11,13,16-18H2,1-7H3,(H,37,42)(H,35,36,38,39)/t20-,21-,26?/m1/s1. The molecule has 0 bridgehead atoms. The van der Waals surface area contributed by atoms with Crippen molar-refractivity contribution in [3.63, 3.8) is 0 Å². The maximum absolute atomic E-state index is 15.1. The fourth-order valence-corrected chi connectivity index (χ4v) is 7.26. The van der Waals surface area contributed by atoms with Gasteiger partial charge in [-0.2, -0.15) is 4.98 Å². The minimum atomic E-state index is -3.23. The van der Waals surface area contributed by atoms with Crippen LogP contribution in [-0.2, 0) is 14.6 Å². The van der Waals surface area contributed by atoms with Crippen molar-refractivity contribution in [2.75, 3.05) is 46.8 Å². The van der Waals surface area contributed by atoms with E-state index in [1.54, 1.807) is 33.0 Å². The predicted molar refractivity (Wildman–Crippen MR) is 176 cm³/mol. The van der Waals surface area contributed by atoms with Gasteiger partial charge in [-0.3, -0.25) is 0 Å². The molecule has 1 unspecified atom stereocenters. The summed E-state index contributed by atoms with van der Waals surface area (Å²) in [6.07, 6.45) is 3.70. The minimum absolute atomic E-state index is 0.00948. The molecular weight excluding hydrogens is 616 g/mol. The number of carbonyl (C=O) groups excluding carboxylic acids is 1. The van der Waals surface area contributed by atoms with Crippen LogP contribution < -0.4 is 20.4 Å². The van der Waals surface area contributed by atoms with Gasteiger partial charge < -0.3 is 25.2 Å². The molecule has 0 radical (unpaired) electrons. The van der Waals surface area contributed by atoms with Crippen LogP contribution in [0.2, 0.25) is 0 Å².